The minimum atomic E-state index is -0.344. The fourth-order valence-electron chi connectivity index (χ4n) is 2.31. The molecule has 2 nitrogen and oxygen atoms in total. The van der Waals surface area contributed by atoms with Crippen molar-refractivity contribution >= 4 is 27.0 Å². The topological polar surface area (TPSA) is 21.3 Å². The molecule has 0 spiro atoms. The van der Waals surface area contributed by atoms with Crippen LogP contribution in [0.2, 0.25) is 0 Å². The van der Waals surface area contributed by atoms with Gasteiger partial charge in [0.05, 0.1) is 13.3 Å². The molecule has 0 radical (unpaired) electrons. The van der Waals surface area contributed by atoms with Gasteiger partial charge >= 0.3 is 0 Å². The van der Waals surface area contributed by atoms with Gasteiger partial charge in [-0.1, -0.05) is 18.2 Å². The highest BCUT2D eigenvalue weighted by molar-refractivity contribution is 7.20. The van der Waals surface area contributed by atoms with Gasteiger partial charge in [0.1, 0.15) is 5.75 Å². The van der Waals surface area contributed by atoms with Gasteiger partial charge in [0.15, 0.2) is 0 Å². The number of fused-ring (bicyclic) bond motifs is 1. The minimum Gasteiger partial charge on any atom is -0.493 e. The Balaban J connectivity index is 2.22. The molecule has 0 atom stereocenters. The third kappa shape index (κ3) is 4.71. The molecule has 1 N–H and O–H groups in total. The Hall–Kier alpha value is -2.07. The molecule has 1 heterocycles. The standard InChI is InChI=1S/C20H24FNOS/c1-4-15(7-9-17(5-2)22-3)19-13-16-8-10-18(14-20(16)24-19)23-12-6-11-21/h4-5,7-10,13-14,22H,6,11-12H2,1-3H3/b9-7-,15-4+,17-5+. The van der Waals surface area contributed by atoms with E-state index in [-0.39, 0.29) is 6.67 Å². The van der Waals surface area contributed by atoms with Crippen molar-refractivity contribution in [2.45, 2.75) is 20.3 Å². The van der Waals surface area contributed by atoms with Gasteiger partial charge in [0.25, 0.3) is 0 Å². The first-order valence-corrected chi connectivity index (χ1v) is 8.94. The zero-order valence-corrected chi connectivity index (χ0v) is 15.3. The van der Waals surface area contributed by atoms with E-state index in [2.05, 4.69) is 35.7 Å². The molecule has 0 amide bonds. The summed E-state index contributed by atoms with van der Waals surface area (Å²) in [6, 6.07) is 8.23. The first-order valence-electron chi connectivity index (χ1n) is 8.13. The number of hydrogen-bond acceptors (Lipinski definition) is 3. The summed E-state index contributed by atoms with van der Waals surface area (Å²) >= 11 is 1.74. The number of nitrogens with one attached hydrogen (secondary N) is 1. The fraction of sp³-hybridized carbons (Fsp3) is 0.300. The van der Waals surface area contributed by atoms with Crippen molar-refractivity contribution in [3.05, 3.63) is 59.1 Å². The van der Waals surface area contributed by atoms with E-state index >= 15 is 0 Å². The van der Waals surface area contributed by atoms with Gasteiger partial charge in [0, 0.05) is 28.7 Å². The molecule has 0 aliphatic carbocycles. The fourth-order valence-corrected chi connectivity index (χ4v) is 3.46. The Bertz CT molecular complexity index is 758. The predicted molar refractivity (Wildman–Crippen MR) is 104 cm³/mol. The van der Waals surface area contributed by atoms with Crippen molar-refractivity contribution in [1.82, 2.24) is 5.32 Å². The smallest absolute Gasteiger partial charge is 0.120 e. The first-order chi connectivity index (χ1) is 11.7. The van der Waals surface area contributed by atoms with E-state index in [0.29, 0.717) is 13.0 Å². The lowest BCUT2D eigenvalue weighted by atomic mass is 10.1. The second kappa shape index (κ2) is 9.28. The number of thiophene rings is 1. The summed E-state index contributed by atoms with van der Waals surface area (Å²) in [5.74, 6) is 0.799. The van der Waals surface area contributed by atoms with Crippen molar-refractivity contribution in [2.24, 2.45) is 0 Å². The van der Waals surface area contributed by atoms with Gasteiger partial charge in [-0.2, -0.15) is 0 Å². The van der Waals surface area contributed by atoms with Crippen LogP contribution < -0.4 is 10.1 Å². The van der Waals surface area contributed by atoms with Crippen LogP contribution in [0.15, 0.2) is 54.3 Å². The van der Waals surface area contributed by atoms with Gasteiger partial charge in [-0.25, -0.2) is 0 Å². The Morgan fingerprint density at radius 3 is 2.71 bits per heavy atom. The quantitative estimate of drug-likeness (QED) is 0.488. The molecule has 0 fully saturated rings. The summed E-state index contributed by atoms with van der Waals surface area (Å²) in [6.45, 7) is 4.13. The maximum absolute atomic E-state index is 12.2. The van der Waals surface area contributed by atoms with E-state index in [1.54, 1.807) is 11.3 Å². The third-order valence-electron chi connectivity index (χ3n) is 3.68. The highest BCUT2D eigenvalue weighted by Gasteiger charge is 2.06. The summed E-state index contributed by atoms with van der Waals surface area (Å²) in [5.41, 5.74) is 2.27. The average Bonchev–Trinajstić information content (AvgIpc) is 3.02. The third-order valence-corrected chi connectivity index (χ3v) is 4.82. The number of benzene rings is 1. The molecule has 0 saturated heterocycles. The van der Waals surface area contributed by atoms with E-state index in [1.807, 2.05) is 39.1 Å². The molecule has 0 unspecified atom stereocenters. The average molecular weight is 345 g/mol. The van der Waals surface area contributed by atoms with Crippen LogP contribution in [0.4, 0.5) is 4.39 Å². The number of halogens is 1. The Morgan fingerprint density at radius 2 is 2.04 bits per heavy atom. The Morgan fingerprint density at radius 1 is 1.21 bits per heavy atom. The van der Waals surface area contributed by atoms with E-state index in [0.717, 1.165) is 11.4 Å². The molecule has 0 saturated carbocycles. The molecule has 24 heavy (non-hydrogen) atoms. The maximum atomic E-state index is 12.2. The molecule has 128 valence electrons. The highest BCUT2D eigenvalue weighted by atomic mass is 32.1. The minimum absolute atomic E-state index is 0.344. The summed E-state index contributed by atoms with van der Waals surface area (Å²) in [7, 11) is 1.92. The number of allylic oxidation sites excluding steroid dienone is 5. The zero-order valence-electron chi connectivity index (χ0n) is 14.4. The van der Waals surface area contributed by atoms with E-state index < -0.39 is 0 Å². The van der Waals surface area contributed by atoms with Gasteiger partial charge < -0.3 is 10.1 Å². The lowest BCUT2D eigenvalue weighted by molar-refractivity contribution is 0.290. The molecule has 0 aliphatic rings. The SMILES string of the molecule is C\C=C(/C=C\C(=C/C)c1cc2ccc(OCCCF)cc2s1)NC. The molecule has 1 aromatic carbocycles. The van der Waals surface area contributed by atoms with E-state index in [4.69, 9.17) is 4.74 Å². The van der Waals surface area contributed by atoms with Crippen LogP contribution in [-0.2, 0) is 0 Å². The molecule has 0 bridgehead atoms. The van der Waals surface area contributed by atoms with Crippen LogP contribution >= 0.6 is 11.3 Å². The van der Waals surface area contributed by atoms with Gasteiger partial charge in [-0.15, -0.1) is 11.3 Å². The van der Waals surface area contributed by atoms with Crippen LogP contribution in [0.5, 0.6) is 5.75 Å². The van der Waals surface area contributed by atoms with E-state index in [1.165, 1.54) is 20.5 Å². The van der Waals surface area contributed by atoms with Crippen molar-refractivity contribution in [3.8, 4) is 5.75 Å². The first kappa shape index (κ1) is 18.3. The summed E-state index contributed by atoms with van der Waals surface area (Å²) in [6.07, 6.45) is 8.78. The number of rotatable bonds is 8. The van der Waals surface area contributed by atoms with Crippen LogP contribution in [0.1, 0.15) is 25.1 Å². The normalized spacial score (nSPS) is 13.0. The number of ether oxygens (including phenoxy) is 1. The lowest BCUT2D eigenvalue weighted by Crippen LogP contribution is -2.01. The molecule has 1 aromatic heterocycles. The Kier molecular flexibility index (Phi) is 7.07. The maximum Gasteiger partial charge on any atom is 0.120 e. The second-order valence-corrected chi connectivity index (χ2v) is 6.36. The summed E-state index contributed by atoms with van der Waals surface area (Å²) in [4.78, 5) is 1.22. The largest absolute Gasteiger partial charge is 0.493 e. The number of alkyl halides is 1. The van der Waals surface area contributed by atoms with E-state index in [9.17, 15) is 4.39 Å². The van der Waals surface area contributed by atoms with Crippen molar-refractivity contribution < 1.29 is 9.13 Å². The van der Waals surface area contributed by atoms with Crippen LogP contribution in [0.25, 0.3) is 15.7 Å². The zero-order chi connectivity index (χ0) is 17.4. The van der Waals surface area contributed by atoms with Gasteiger partial charge in [-0.3, -0.25) is 4.39 Å². The molecule has 0 aliphatic heterocycles. The highest BCUT2D eigenvalue weighted by Crippen LogP contribution is 2.33. The lowest BCUT2D eigenvalue weighted by Gasteiger charge is -2.03. The van der Waals surface area contributed by atoms with Crippen LogP contribution in [-0.4, -0.2) is 20.3 Å². The predicted octanol–water partition coefficient (Wildman–Crippen LogP) is 5.72. The second-order valence-electron chi connectivity index (χ2n) is 5.27. The van der Waals surface area contributed by atoms with Gasteiger partial charge in [0.2, 0.25) is 0 Å². The molecule has 4 heteroatoms. The monoisotopic (exact) mass is 345 g/mol. The molecular formula is C20H24FNOS. The summed E-state index contributed by atoms with van der Waals surface area (Å²) < 4.78 is 18.9. The van der Waals surface area contributed by atoms with Crippen molar-refractivity contribution in [3.63, 3.8) is 0 Å². The van der Waals surface area contributed by atoms with Crippen LogP contribution in [0.3, 0.4) is 0 Å². The summed E-state index contributed by atoms with van der Waals surface area (Å²) in [5, 5.41) is 4.34. The Labute approximate surface area is 147 Å². The number of likely N-dealkylation sites (N-methyl/N-ethyl adjacent to an activating group) is 1. The van der Waals surface area contributed by atoms with Gasteiger partial charge in [-0.05, 0) is 55.1 Å². The van der Waals surface area contributed by atoms with Crippen LogP contribution in [0, 0.1) is 0 Å². The number of hydrogen-bond donors (Lipinski definition) is 1. The molecule has 2 rings (SSSR count). The molecule has 2 aromatic rings. The van der Waals surface area contributed by atoms with Crippen molar-refractivity contribution in [1.29, 1.82) is 0 Å². The van der Waals surface area contributed by atoms with Crippen molar-refractivity contribution in [2.75, 3.05) is 20.3 Å². The molecular weight excluding hydrogens is 321 g/mol.